The fourth-order valence-corrected chi connectivity index (χ4v) is 1.77. The monoisotopic (exact) mass is 238 g/mol. The molecule has 2 N–H and O–H groups in total. The van der Waals surface area contributed by atoms with E-state index in [9.17, 15) is 4.79 Å². The number of hydrogen-bond donors (Lipinski definition) is 1. The summed E-state index contributed by atoms with van der Waals surface area (Å²) in [5, 5.41) is 4.14. The normalized spacial score (nSPS) is 16.5. The van der Waals surface area contributed by atoms with Crippen LogP contribution in [0.25, 0.3) is 0 Å². The Morgan fingerprint density at radius 1 is 1.47 bits per heavy atom. The molecule has 0 unspecified atom stereocenters. The maximum atomic E-state index is 12.2. The smallest absolute Gasteiger partial charge is 0.259 e. The van der Waals surface area contributed by atoms with Crippen molar-refractivity contribution >= 4 is 11.7 Å². The molecule has 2 heterocycles. The van der Waals surface area contributed by atoms with Gasteiger partial charge in [-0.1, -0.05) is 0 Å². The predicted octanol–water partition coefficient (Wildman–Crippen LogP) is 0.519. The van der Waals surface area contributed by atoms with Gasteiger partial charge in [-0.05, 0) is 13.8 Å². The Kier molecular flexibility index (Phi) is 3.33. The molecular weight excluding hydrogens is 220 g/mol. The maximum absolute atomic E-state index is 12.2. The summed E-state index contributed by atoms with van der Waals surface area (Å²) in [6.07, 6.45) is 1.72. The predicted molar refractivity (Wildman–Crippen MR) is 63.7 cm³/mol. The average Bonchev–Trinajstić information content (AvgIpc) is 2.72. The Morgan fingerprint density at radius 3 is 2.65 bits per heavy atom. The molecule has 1 aromatic rings. The van der Waals surface area contributed by atoms with Crippen LogP contribution in [0.15, 0.2) is 6.20 Å². The molecular formula is C11H18N4O2. The number of ether oxygens (including phenoxy) is 1. The SMILES string of the molecule is CC(C)n1cc(C(=O)N2CCOCC2)c(N)n1. The molecule has 6 nitrogen and oxygen atoms in total. The lowest BCUT2D eigenvalue weighted by Gasteiger charge is -2.26. The number of nitrogens with zero attached hydrogens (tertiary/aromatic N) is 3. The number of carbonyl (C=O) groups is 1. The van der Waals surface area contributed by atoms with Crippen molar-refractivity contribution in [2.75, 3.05) is 32.0 Å². The van der Waals surface area contributed by atoms with E-state index in [4.69, 9.17) is 10.5 Å². The minimum absolute atomic E-state index is 0.0577. The van der Waals surface area contributed by atoms with Crippen molar-refractivity contribution < 1.29 is 9.53 Å². The molecule has 0 aliphatic carbocycles. The number of nitrogen functional groups attached to an aromatic ring is 1. The first-order chi connectivity index (χ1) is 8.09. The van der Waals surface area contributed by atoms with Crippen molar-refractivity contribution in [1.82, 2.24) is 14.7 Å². The van der Waals surface area contributed by atoms with E-state index in [0.29, 0.717) is 37.7 Å². The first-order valence-electron chi connectivity index (χ1n) is 5.81. The summed E-state index contributed by atoms with van der Waals surface area (Å²) in [4.78, 5) is 13.9. The molecule has 0 spiro atoms. The van der Waals surface area contributed by atoms with E-state index in [1.165, 1.54) is 0 Å². The topological polar surface area (TPSA) is 73.4 Å². The lowest BCUT2D eigenvalue weighted by molar-refractivity contribution is 0.0303. The molecule has 2 rings (SSSR count). The van der Waals surface area contributed by atoms with Gasteiger partial charge in [0.2, 0.25) is 0 Å². The van der Waals surface area contributed by atoms with Crippen LogP contribution in [0.1, 0.15) is 30.2 Å². The van der Waals surface area contributed by atoms with Crippen molar-refractivity contribution in [2.45, 2.75) is 19.9 Å². The third kappa shape index (κ3) is 2.41. The number of nitrogens with two attached hydrogens (primary N) is 1. The summed E-state index contributed by atoms with van der Waals surface area (Å²) in [5.41, 5.74) is 6.26. The Balaban J connectivity index is 2.18. The molecule has 1 saturated heterocycles. The second-order valence-electron chi connectivity index (χ2n) is 4.41. The zero-order chi connectivity index (χ0) is 12.4. The maximum Gasteiger partial charge on any atom is 0.259 e. The van der Waals surface area contributed by atoms with Crippen LogP contribution in [0, 0.1) is 0 Å². The molecule has 1 aromatic heterocycles. The third-order valence-electron chi connectivity index (χ3n) is 2.82. The first-order valence-corrected chi connectivity index (χ1v) is 5.81. The zero-order valence-corrected chi connectivity index (χ0v) is 10.2. The molecule has 1 aliphatic rings. The van der Waals surface area contributed by atoms with Gasteiger partial charge >= 0.3 is 0 Å². The van der Waals surface area contributed by atoms with Crippen molar-refractivity contribution in [2.24, 2.45) is 0 Å². The zero-order valence-electron chi connectivity index (χ0n) is 10.2. The summed E-state index contributed by atoms with van der Waals surface area (Å²) < 4.78 is 6.92. The van der Waals surface area contributed by atoms with Crippen LogP contribution in [-0.2, 0) is 4.74 Å². The molecule has 0 radical (unpaired) electrons. The van der Waals surface area contributed by atoms with Gasteiger partial charge < -0.3 is 15.4 Å². The molecule has 1 amide bonds. The van der Waals surface area contributed by atoms with Gasteiger partial charge in [-0.25, -0.2) is 0 Å². The van der Waals surface area contributed by atoms with Crippen LogP contribution in [0.5, 0.6) is 0 Å². The van der Waals surface area contributed by atoms with Crippen LogP contribution in [0.2, 0.25) is 0 Å². The van der Waals surface area contributed by atoms with E-state index in [2.05, 4.69) is 5.10 Å². The van der Waals surface area contributed by atoms with E-state index in [1.54, 1.807) is 15.8 Å². The Morgan fingerprint density at radius 2 is 2.12 bits per heavy atom. The number of hydrogen-bond acceptors (Lipinski definition) is 4. The first kappa shape index (κ1) is 11.9. The highest BCUT2D eigenvalue weighted by Crippen LogP contribution is 2.16. The molecule has 1 fully saturated rings. The Bertz CT molecular complexity index is 408. The third-order valence-corrected chi connectivity index (χ3v) is 2.82. The van der Waals surface area contributed by atoms with Gasteiger partial charge in [0, 0.05) is 25.3 Å². The number of morpholine rings is 1. The lowest BCUT2D eigenvalue weighted by atomic mass is 10.2. The molecule has 6 heteroatoms. The second-order valence-corrected chi connectivity index (χ2v) is 4.41. The minimum atomic E-state index is -0.0577. The Labute approximate surface area is 100 Å². The quantitative estimate of drug-likeness (QED) is 0.815. The van der Waals surface area contributed by atoms with Crippen molar-refractivity contribution in [3.63, 3.8) is 0 Å². The van der Waals surface area contributed by atoms with Crippen LogP contribution >= 0.6 is 0 Å². The van der Waals surface area contributed by atoms with E-state index >= 15 is 0 Å². The summed E-state index contributed by atoms with van der Waals surface area (Å²) in [7, 11) is 0. The van der Waals surface area contributed by atoms with E-state index in [0.717, 1.165) is 0 Å². The van der Waals surface area contributed by atoms with Gasteiger partial charge in [-0.2, -0.15) is 5.10 Å². The lowest BCUT2D eigenvalue weighted by Crippen LogP contribution is -2.40. The highest BCUT2D eigenvalue weighted by Gasteiger charge is 2.22. The van der Waals surface area contributed by atoms with Crippen LogP contribution in [0.3, 0.4) is 0 Å². The van der Waals surface area contributed by atoms with Crippen molar-refractivity contribution in [3.05, 3.63) is 11.8 Å². The van der Waals surface area contributed by atoms with Gasteiger partial charge in [0.25, 0.3) is 5.91 Å². The van der Waals surface area contributed by atoms with E-state index in [1.807, 2.05) is 13.8 Å². The van der Waals surface area contributed by atoms with Gasteiger partial charge in [-0.3, -0.25) is 9.48 Å². The van der Waals surface area contributed by atoms with Crippen LogP contribution in [-0.4, -0.2) is 46.9 Å². The highest BCUT2D eigenvalue weighted by atomic mass is 16.5. The number of amides is 1. The fraction of sp³-hybridized carbons (Fsp3) is 0.636. The van der Waals surface area contributed by atoms with Crippen molar-refractivity contribution in [1.29, 1.82) is 0 Å². The van der Waals surface area contributed by atoms with Crippen LogP contribution < -0.4 is 5.73 Å². The molecule has 0 aromatic carbocycles. The van der Waals surface area contributed by atoms with E-state index < -0.39 is 0 Å². The van der Waals surface area contributed by atoms with Gasteiger partial charge in [-0.15, -0.1) is 0 Å². The number of aromatic nitrogens is 2. The standard InChI is InChI=1S/C11H18N4O2/c1-8(2)15-7-9(10(12)13-15)11(16)14-3-5-17-6-4-14/h7-8H,3-6H2,1-2H3,(H2,12,13). The summed E-state index contributed by atoms with van der Waals surface area (Å²) in [5.74, 6) is 0.243. The average molecular weight is 238 g/mol. The Hall–Kier alpha value is -1.56. The molecule has 17 heavy (non-hydrogen) atoms. The molecule has 1 aliphatic heterocycles. The fourth-order valence-electron chi connectivity index (χ4n) is 1.77. The highest BCUT2D eigenvalue weighted by molar-refractivity contribution is 5.98. The molecule has 0 saturated carbocycles. The number of rotatable bonds is 2. The molecule has 0 atom stereocenters. The molecule has 94 valence electrons. The van der Waals surface area contributed by atoms with E-state index in [-0.39, 0.29) is 11.9 Å². The summed E-state index contributed by atoms with van der Waals surface area (Å²) in [6.45, 7) is 6.40. The molecule has 0 bridgehead atoms. The second kappa shape index (κ2) is 4.75. The minimum Gasteiger partial charge on any atom is -0.382 e. The number of carbonyl (C=O) groups excluding carboxylic acids is 1. The number of anilines is 1. The van der Waals surface area contributed by atoms with Crippen molar-refractivity contribution in [3.8, 4) is 0 Å². The summed E-state index contributed by atoms with van der Waals surface area (Å²) >= 11 is 0. The van der Waals surface area contributed by atoms with Gasteiger partial charge in [0.15, 0.2) is 5.82 Å². The van der Waals surface area contributed by atoms with Gasteiger partial charge in [0.05, 0.1) is 13.2 Å². The van der Waals surface area contributed by atoms with Crippen LogP contribution in [0.4, 0.5) is 5.82 Å². The largest absolute Gasteiger partial charge is 0.382 e. The van der Waals surface area contributed by atoms with Gasteiger partial charge in [0.1, 0.15) is 5.56 Å². The summed E-state index contributed by atoms with van der Waals surface area (Å²) in [6, 6.07) is 0.198.